The first-order valence-corrected chi connectivity index (χ1v) is 7.55. The largest absolute Gasteiger partial charge is 0.486 e. The van der Waals surface area contributed by atoms with Crippen molar-refractivity contribution >= 4 is 27.3 Å². The summed E-state index contributed by atoms with van der Waals surface area (Å²) in [7, 11) is 0. The highest BCUT2D eigenvalue weighted by Crippen LogP contribution is 2.26. The summed E-state index contributed by atoms with van der Waals surface area (Å²) >= 11 is 4.86. The third-order valence-corrected chi connectivity index (χ3v) is 4.22. The second-order valence-corrected chi connectivity index (χ2v) is 5.97. The Morgan fingerprint density at radius 2 is 1.76 bits per heavy atom. The van der Waals surface area contributed by atoms with Crippen LogP contribution in [0.25, 0.3) is 0 Å². The number of hydrogen-bond acceptors (Lipinski definition) is 3. The standard InChI is InChI=1S/C13H10BrF4NOS/c14-7-3-8(21-6-7)5-19-1-2-20-13-11(17)9(15)4-10(16)12(13)18/h3-4,6,19H,1-2,5H2. The van der Waals surface area contributed by atoms with E-state index < -0.39 is 29.0 Å². The van der Waals surface area contributed by atoms with Gasteiger partial charge in [-0.2, -0.15) is 8.78 Å². The smallest absolute Gasteiger partial charge is 0.203 e. The molecule has 0 aliphatic rings. The van der Waals surface area contributed by atoms with E-state index in [2.05, 4.69) is 21.2 Å². The van der Waals surface area contributed by atoms with Gasteiger partial charge in [0.2, 0.25) is 11.6 Å². The summed E-state index contributed by atoms with van der Waals surface area (Å²) < 4.78 is 58.2. The van der Waals surface area contributed by atoms with E-state index in [4.69, 9.17) is 4.74 Å². The minimum absolute atomic E-state index is 0.122. The minimum atomic E-state index is -1.53. The van der Waals surface area contributed by atoms with Crippen molar-refractivity contribution in [3.63, 3.8) is 0 Å². The topological polar surface area (TPSA) is 21.3 Å². The van der Waals surface area contributed by atoms with Gasteiger partial charge in [-0.15, -0.1) is 11.3 Å². The molecule has 0 fully saturated rings. The van der Waals surface area contributed by atoms with E-state index in [0.29, 0.717) is 6.54 Å². The first-order chi connectivity index (χ1) is 9.99. The number of halogens is 5. The highest BCUT2D eigenvalue weighted by atomic mass is 79.9. The number of nitrogens with one attached hydrogen (secondary N) is 1. The van der Waals surface area contributed by atoms with Crippen LogP contribution in [0.1, 0.15) is 4.88 Å². The molecule has 0 unspecified atom stereocenters. The normalized spacial score (nSPS) is 10.9. The van der Waals surface area contributed by atoms with E-state index in [1.165, 1.54) is 0 Å². The monoisotopic (exact) mass is 383 g/mol. The van der Waals surface area contributed by atoms with Gasteiger partial charge in [-0.3, -0.25) is 0 Å². The van der Waals surface area contributed by atoms with Crippen molar-refractivity contribution in [2.75, 3.05) is 13.2 Å². The Labute approximate surface area is 130 Å². The van der Waals surface area contributed by atoms with Crippen molar-refractivity contribution in [3.8, 4) is 5.75 Å². The third-order valence-electron chi connectivity index (χ3n) is 2.52. The molecule has 114 valence electrons. The molecule has 0 saturated carbocycles. The van der Waals surface area contributed by atoms with Crippen LogP contribution in [0.15, 0.2) is 22.0 Å². The molecule has 21 heavy (non-hydrogen) atoms. The molecule has 2 nitrogen and oxygen atoms in total. The maximum Gasteiger partial charge on any atom is 0.203 e. The first kappa shape index (κ1) is 16.3. The van der Waals surface area contributed by atoms with Gasteiger partial charge in [-0.25, -0.2) is 8.78 Å². The molecule has 0 bridgehead atoms. The number of benzene rings is 1. The molecule has 0 radical (unpaired) electrons. The van der Waals surface area contributed by atoms with E-state index in [-0.39, 0.29) is 19.2 Å². The van der Waals surface area contributed by atoms with Crippen LogP contribution in [0.3, 0.4) is 0 Å². The van der Waals surface area contributed by atoms with Gasteiger partial charge in [-0.1, -0.05) is 0 Å². The van der Waals surface area contributed by atoms with Crippen LogP contribution in [-0.4, -0.2) is 13.2 Å². The van der Waals surface area contributed by atoms with E-state index in [0.717, 1.165) is 9.35 Å². The Hall–Kier alpha value is -1.12. The molecule has 0 saturated heterocycles. The average Bonchev–Trinajstić information content (AvgIpc) is 2.85. The number of hydrogen-bond donors (Lipinski definition) is 1. The van der Waals surface area contributed by atoms with Gasteiger partial charge in [0.1, 0.15) is 6.61 Å². The van der Waals surface area contributed by atoms with Crippen LogP contribution >= 0.6 is 27.3 Å². The van der Waals surface area contributed by atoms with Crippen molar-refractivity contribution in [1.82, 2.24) is 5.32 Å². The van der Waals surface area contributed by atoms with Gasteiger partial charge >= 0.3 is 0 Å². The number of thiophene rings is 1. The maximum atomic E-state index is 13.3. The summed E-state index contributed by atoms with van der Waals surface area (Å²) in [6.45, 7) is 0.706. The van der Waals surface area contributed by atoms with Crippen molar-refractivity contribution in [3.05, 3.63) is 50.1 Å². The molecular formula is C13H10BrF4NOS. The van der Waals surface area contributed by atoms with E-state index in [1.807, 2.05) is 11.4 Å². The average molecular weight is 384 g/mol. The second-order valence-electron chi connectivity index (χ2n) is 4.05. The second kappa shape index (κ2) is 7.24. The van der Waals surface area contributed by atoms with Crippen LogP contribution in [0.4, 0.5) is 17.6 Å². The summed E-state index contributed by atoms with van der Waals surface area (Å²) in [5.74, 6) is -7.07. The van der Waals surface area contributed by atoms with Crippen LogP contribution in [0.2, 0.25) is 0 Å². The molecule has 1 aromatic carbocycles. The lowest BCUT2D eigenvalue weighted by Gasteiger charge is -2.09. The fraction of sp³-hybridized carbons (Fsp3) is 0.231. The Bertz CT molecular complexity index is 609. The molecule has 2 rings (SSSR count). The van der Waals surface area contributed by atoms with Crippen LogP contribution in [-0.2, 0) is 6.54 Å². The van der Waals surface area contributed by atoms with Crippen LogP contribution in [0, 0.1) is 23.3 Å². The molecule has 0 aliphatic heterocycles. The SMILES string of the molecule is Fc1cc(F)c(F)c(OCCNCc2cc(Br)cs2)c1F. The maximum absolute atomic E-state index is 13.3. The number of rotatable bonds is 6. The van der Waals surface area contributed by atoms with Gasteiger partial charge in [0.15, 0.2) is 17.4 Å². The zero-order chi connectivity index (χ0) is 15.4. The van der Waals surface area contributed by atoms with Crippen molar-refractivity contribution in [2.45, 2.75) is 6.54 Å². The van der Waals surface area contributed by atoms with E-state index in [9.17, 15) is 17.6 Å². The summed E-state index contributed by atoms with van der Waals surface area (Å²) in [4.78, 5) is 1.07. The summed E-state index contributed by atoms with van der Waals surface area (Å²) in [6, 6.07) is 2.07. The lowest BCUT2D eigenvalue weighted by Crippen LogP contribution is -2.21. The summed E-state index contributed by atoms with van der Waals surface area (Å²) in [6.07, 6.45) is 0. The van der Waals surface area contributed by atoms with E-state index >= 15 is 0 Å². The molecule has 0 amide bonds. The van der Waals surface area contributed by atoms with Gasteiger partial charge in [0.25, 0.3) is 0 Å². The van der Waals surface area contributed by atoms with Crippen molar-refractivity contribution < 1.29 is 22.3 Å². The number of ether oxygens (including phenoxy) is 1. The molecular weight excluding hydrogens is 374 g/mol. The van der Waals surface area contributed by atoms with Crippen molar-refractivity contribution in [1.29, 1.82) is 0 Å². The molecule has 0 spiro atoms. The lowest BCUT2D eigenvalue weighted by molar-refractivity contribution is 0.270. The highest BCUT2D eigenvalue weighted by Gasteiger charge is 2.20. The quantitative estimate of drug-likeness (QED) is 0.457. The van der Waals surface area contributed by atoms with Gasteiger partial charge in [0.05, 0.1) is 0 Å². The molecule has 1 aromatic heterocycles. The van der Waals surface area contributed by atoms with E-state index in [1.54, 1.807) is 11.3 Å². The first-order valence-electron chi connectivity index (χ1n) is 5.88. The van der Waals surface area contributed by atoms with Crippen LogP contribution in [0.5, 0.6) is 5.75 Å². The Morgan fingerprint density at radius 1 is 1.10 bits per heavy atom. The predicted molar refractivity (Wildman–Crippen MR) is 75.5 cm³/mol. The molecule has 2 aromatic rings. The zero-order valence-electron chi connectivity index (χ0n) is 10.6. The Balaban J connectivity index is 1.84. The Kier molecular flexibility index (Phi) is 5.60. The van der Waals surface area contributed by atoms with Gasteiger partial charge in [0, 0.05) is 33.9 Å². The zero-order valence-corrected chi connectivity index (χ0v) is 13.0. The molecule has 0 atom stereocenters. The molecule has 0 aliphatic carbocycles. The highest BCUT2D eigenvalue weighted by molar-refractivity contribution is 9.10. The Morgan fingerprint density at radius 3 is 2.33 bits per heavy atom. The molecule has 1 N–H and O–H groups in total. The fourth-order valence-electron chi connectivity index (χ4n) is 1.56. The molecule has 1 heterocycles. The lowest BCUT2D eigenvalue weighted by atomic mass is 10.3. The molecule has 8 heteroatoms. The van der Waals surface area contributed by atoms with Crippen molar-refractivity contribution in [2.24, 2.45) is 0 Å². The third kappa shape index (κ3) is 4.18. The van der Waals surface area contributed by atoms with Crippen LogP contribution < -0.4 is 10.1 Å². The van der Waals surface area contributed by atoms with Gasteiger partial charge in [-0.05, 0) is 22.0 Å². The summed E-state index contributed by atoms with van der Waals surface area (Å²) in [5, 5.41) is 4.91. The fourth-order valence-corrected chi connectivity index (χ4v) is 2.98. The van der Waals surface area contributed by atoms with Gasteiger partial charge < -0.3 is 10.1 Å². The predicted octanol–water partition coefficient (Wildman–Crippen LogP) is 4.24. The minimum Gasteiger partial charge on any atom is -0.486 e. The summed E-state index contributed by atoms with van der Waals surface area (Å²) in [5.41, 5.74) is 0.